The molecule has 0 bridgehead atoms. The molecule has 4 aromatic rings. The molecule has 2 aliphatic rings. The summed E-state index contributed by atoms with van der Waals surface area (Å²) < 4.78 is 14.7. The van der Waals surface area contributed by atoms with E-state index in [-0.39, 0.29) is 22.4 Å². The lowest BCUT2D eigenvalue weighted by Gasteiger charge is -2.59. The van der Waals surface area contributed by atoms with Gasteiger partial charge in [-0.1, -0.05) is 54.1 Å². The van der Waals surface area contributed by atoms with Crippen molar-refractivity contribution in [2.45, 2.75) is 32.1 Å². The summed E-state index contributed by atoms with van der Waals surface area (Å²) in [6.45, 7) is 3.46. The number of benzene rings is 3. The van der Waals surface area contributed by atoms with E-state index < -0.39 is 5.82 Å². The van der Waals surface area contributed by atoms with Crippen LogP contribution in [0.2, 0.25) is 0 Å². The van der Waals surface area contributed by atoms with Crippen molar-refractivity contribution in [2.75, 3.05) is 13.1 Å². The Bertz CT molecular complexity index is 1490. The molecule has 6 rings (SSSR count). The van der Waals surface area contributed by atoms with E-state index >= 15 is 0 Å². The number of aromatic nitrogens is 2. The molecule has 176 valence electrons. The molecule has 5 nitrogen and oxygen atoms in total. The summed E-state index contributed by atoms with van der Waals surface area (Å²) in [5, 5.41) is 8.06. The number of hydrogen-bond donors (Lipinski definition) is 1. The highest BCUT2D eigenvalue weighted by Gasteiger charge is 2.54. The number of halogens is 1. The van der Waals surface area contributed by atoms with Gasteiger partial charge in [0, 0.05) is 30.3 Å². The monoisotopic (exact) mass is 467 g/mol. The van der Waals surface area contributed by atoms with E-state index in [9.17, 15) is 14.0 Å². The first-order chi connectivity index (χ1) is 16.9. The van der Waals surface area contributed by atoms with Crippen LogP contribution in [0.25, 0.3) is 10.8 Å². The third kappa shape index (κ3) is 3.83. The van der Waals surface area contributed by atoms with Crippen LogP contribution in [0, 0.1) is 18.2 Å². The van der Waals surface area contributed by atoms with Gasteiger partial charge in [0.2, 0.25) is 0 Å². The van der Waals surface area contributed by atoms with Crippen LogP contribution in [0.5, 0.6) is 0 Å². The lowest BCUT2D eigenvalue weighted by molar-refractivity contribution is -0.0555. The smallest absolute Gasteiger partial charge is 0.272 e. The Morgan fingerprint density at radius 3 is 2.51 bits per heavy atom. The number of nitrogens with zero attached hydrogens (tertiary/aromatic N) is 2. The minimum absolute atomic E-state index is 0.0977. The van der Waals surface area contributed by atoms with E-state index in [0.717, 1.165) is 23.8 Å². The van der Waals surface area contributed by atoms with Gasteiger partial charge >= 0.3 is 0 Å². The van der Waals surface area contributed by atoms with Gasteiger partial charge in [0.1, 0.15) is 5.82 Å². The summed E-state index contributed by atoms with van der Waals surface area (Å²) in [5.74, 6) is -0.217. The van der Waals surface area contributed by atoms with Gasteiger partial charge < -0.3 is 4.90 Å². The lowest BCUT2D eigenvalue weighted by Crippen LogP contribution is -2.63. The van der Waals surface area contributed by atoms with Crippen LogP contribution in [-0.2, 0) is 6.42 Å². The molecule has 1 spiro atoms. The molecule has 0 radical (unpaired) electrons. The highest BCUT2D eigenvalue weighted by atomic mass is 19.1. The highest BCUT2D eigenvalue weighted by Crippen LogP contribution is 2.56. The van der Waals surface area contributed by atoms with Gasteiger partial charge in [-0.05, 0) is 55.0 Å². The first kappa shape index (κ1) is 21.7. The quantitative estimate of drug-likeness (QED) is 0.460. The van der Waals surface area contributed by atoms with Crippen molar-refractivity contribution < 1.29 is 9.18 Å². The number of carbonyl (C=O) groups is 1. The number of aromatic amines is 1. The van der Waals surface area contributed by atoms with Gasteiger partial charge in [0.15, 0.2) is 0 Å². The lowest BCUT2D eigenvalue weighted by atomic mass is 9.56. The number of hydrogen-bond acceptors (Lipinski definition) is 3. The second kappa shape index (κ2) is 8.15. The van der Waals surface area contributed by atoms with Gasteiger partial charge in [-0.25, -0.2) is 9.49 Å². The van der Waals surface area contributed by atoms with E-state index in [1.165, 1.54) is 17.2 Å². The zero-order valence-corrected chi connectivity index (χ0v) is 19.6. The average molecular weight is 468 g/mol. The fourth-order valence-corrected chi connectivity index (χ4v) is 5.74. The maximum atomic E-state index is 14.7. The van der Waals surface area contributed by atoms with Crippen LogP contribution in [-0.4, -0.2) is 34.1 Å². The minimum atomic E-state index is -0.509. The summed E-state index contributed by atoms with van der Waals surface area (Å²) in [4.78, 5) is 27.0. The van der Waals surface area contributed by atoms with Gasteiger partial charge in [-0.15, -0.1) is 0 Å². The predicted molar refractivity (Wildman–Crippen MR) is 133 cm³/mol. The zero-order chi connectivity index (χ0) is 24.2. The Labute approximate surface area is 202 Å². The number of amides is 1. The van der Waals surface area contributed by atoms with E-state index in [2.05, 4.69) is 41.4 Å². The SMILES string of the molecule is Cc1ccc(C2CC3(C2)CN(C(=O)c2cc(Cc4n[nH]c(=O)c5ccccc45)ccc2F)C3)cc1. The molecule has 0 unspecified atom stereocenters. The Hall–Kier alpha value is -3.80. The third-order valence-electron chi connectivity index (χ3n) is 7.66. The van der Waals surface area contributed by atoms with Crippen molar-refractivity contribution in [1.82, 2.24) is 15.1 Å². The molecule has 2 fully saturated rings. The first-order valence-electron chi connectivity index (χ1n) is 12.0. The fraction of sp³-hybridized carbons (Fsp3) is 0.276. The summed E-state index contributed by atoms with van der Waals surface area (Å²) in [7, 11) is 0. The molecule has 1 saturated heterocycles. The van der Waals surface area contributed by atoms with E-state index in [1.807, 2.05) is 12.1 Å². The van der Waals surface area contributed by atoms with Crippen molar-refractivity contribution in [2.24, 2.45) is 5.41 Å². The molecule has 1 aromatic heterocycles. The molecule has 35 heavy (non-hydrogen) atoms. The maximum Gasteiger partial charge on any atom is 0.272 e. The van der Waals surface area contributed by atoms with Crippen LogP contribution in [0.4, 0.5) is 4.39 Å². The van der Waals surface area contributed by atoms with Crippen molar-refractivity contribution in [1.29, 1.82) is 0 Å². The molecule has 1 aliphatic carbocycles. The molecule has 3 aromatic carbocycles. The standard InChI is InChI=1S/C29H26FN3O2/c1-18-6-9-20(10-7-18)21-14-29(15-21)16-33(17-29)28(35)24-12-19(8-11-25(24)30)13-26-22-4-2-3-5-23(22)27(34)32-31-26/h2-12,21H,13-17H2,1H3,(H,32,34). The van der Waals surface area contributed by atoms with Gasteiger partial charge in [0.25, 0.3) is 11.5 Å². The number of aryl methyl sites for hydroxylation is 1. The van der Waals surface area contributed by atoms with Crippen molar-refractivity contribution in [3.63, 3.8) is 0 Å². The number of H-pyrrole nitrogens is 1. The molecule has 6 heteroatoms. The van der Waals surface area contributed by atoms with Crippen molar-refractivity contribution in [3.8, 4) is 0 Å². The fourth-order valence-electron chi connectivity index (χ4n) is 5.74. The Morgan fingerprint density at radius 2 is 1.77 bits per heavy atom. The normalized spacial score (nSPS) is 16.8. The summed E-state index contributed by atoms with van der Waals surface area (Å²) in [5.41, 5.74) is 4.12. The molecule has 2 heterocycles. The number of carbonyl (C=O) groups excluding carboxylic acids is 1. The van der Waals surface area contributed by atoms with Crippen molar-refractivity contribution in [3.05, 3.63) is 111 Å². The number of fused-ring (bicyclic) bond motifs is 1. The van der Waals surface area contributed by atoms with E-state index in [0.29, 0.717) is 36.5 Å². The second-order valence-electron chi connectivity index (χ2n) is 10.2. The van der Waals surface area contributed by atoms with Crippen LogP contribution in [0.15, 0.2) is 71.5 Å². The van der Waals surface area contributed by atoms with E-state index in [1.54, 1.807) is 29.2 Å². The van der Waals surface area contributed by atoms with E-state index in [4.69, 9.17) is 0 Å². The molecular formula is C29H26FN3O2. The molecule has 1 saturated carbocycles. The number of nitrogens with one attached hydrogen (secondary N) is 1. The Balaban J connectivity index is 1.16. The van der Waals surface area contributed by atoms with Crippen LogP contribution in [0.1, 0.15) is 51.5 Å². The largest absolute Gasteiger partial charge is 0.337 e. The summed E-state index contributed by atoms with van der Waals surface area (Å²) >= 11 is 0. The van der Waals surface area contributed by atoms with Crippen LogP contribution in [0.3, 0.4) is 0 Å². The summed E-state index contributed by atoms with van der Waals surface area (Å²) in [6, 6.07) is 20.6. The molecule has 1 amide bonds. The predicted octanol–water partition coefficient (Wildman–Crippen LogP) is 4.98. The molecular weight excluding hydrogens is 441 g/mol. The third-order valence-corrected chi connectivity index (χ3v) is 7.66. The Kier molecular flexibility index (Phi) is 5.06. The van der Waals surface area contributed by atoms with Crippen LogP contribution >= 0.6 is 0 Å². The molecule has 1 aliphatic heterocycles. The summed E-state index contributed by atoms with van der Waals surface area (Å²) in [6.07, 6.45) is 2.54. The van der Waals surface area contributed by atoms with Gasteiger partial charge in [0.05, 0.1) is 16.6 Å². The number of rotatable bonds is 4. The van der Waals surface area contributed by atoms with Crippen molar-refractivity contribution >= 4 is 16.7 Å². The maximum absolute atomic E-state index is 14.7. The topological polar surface area (TPSA) is 66.1 Å². The molecule has 0 atom stereocenters. The van der Waals surface area contributed by atoms with Crippen LogP contribution < -0.4 is 5.56 Å². The minimum Gasteiger partial charge on any atom is -0.337 e. The second-order valence-corrected chi connectivity index (χ2v) is 10.2. The average Bonchev–Trinajstić information content (AvgIpc) is 2.81. The first-order valence-corrected chi connectivity index (χ1v) is 12.0. The number of likely N-dealkylation sites (tertiary alicyclic amines) is 1. The highest BCUT2D eigenvalue weighted by molar-refractivity contribution is 5.95. The molecule has 1 N–H and O–H groups in total. The van der Waals surface area contributed by atoms with Gasteiger partial charge in [-0.3, -0.25) is 9.59 Å². The Morgan fingerprint density at radius 1 is 1.06 bits per heavy atom. The van der Waals surface area contributed by atoms with Gasteiger partial charge in [-0.2, -0.15) is 5.10 Å². The zero-order valence-electron chi connectivity index (χ0n) is 19.6.